The molecule has 4 nitrogen and oxygen atoms in total. The largest absolute Gasteiger partial charge is 0.380 e. The number of hydrogen-bond acceptors (Lipinski definition) is 3. The van der Waals surface area contributed by atoms with Crippen LogP contribution in [0.3, 0.4) is 0 Å². The van der Waals surface area contributed by atoms with Crippen molar-refractivity contribution in [3.05, 3.63) is 0 Å². The molecule has 1 aliphatic heterocycles. The fourth-order valence-electron chi connectivity index (χ4n) is 1.41. The minimum absolute atomic E-state index is 0.157. The van der Waals surface area contributed by atoms with E-state index in [1.807, 2.05) is 6.92 Å². The van der Waals surface area contributed by atoms with Crippen molar-refractivity contribution in [3.63, 3.8) is 0 Å². The standard InChI is InChI=1S/C9H18N2O2/c1-2-13-6-5-11-9(12)8-3-4-10-7-8/h8,10H,2-7H2,1H3,(H,11,12). The first-order chi connectivity index (χ1) is 6.34. The zero-order chi connectivity index (χ0) is 9.52. The van der Waals surface area contributed by atoms with Gasteiger partial charge < -0.3 is 15.4 Å². The van der Waals surface area contributed by atoms with Crippen LogP contribution in [-0.2, 0) is 9.53 Å². The van der Waals surface area contributed by atoms with E-state index >= 15 is 0 Å². The Balaban J connectivity index is 2.03. The summed E-state index contributed by atoms with van der Waals surface area (Å²) >= 11 is 0. The predicted octanol–water partition coefficient (Wildman–Crippen LogP) is -0.251. The number of carbonyl (C=O) groups is 1. The Hall–Kier alpha value is -0.610. The van der Waals surface area contributed by atoms with Gasteiger partial charge in [0, 0.05) is 19.7 Å². The van der Waals surface area contributed by atoms with Crippen molar-refractivity contribution in [2.75, 3.05) is 32.8 Å². The summed E-state index contributed by atoms with van der Waals surface area (Å²) in [5, 5.41) is 6.02. The first-order valence-electron chi connectivity index (χ1n) is 4.90. The topological polar surface area (TPSA) is 50.4 Å². The van der Waals surface area contributed by atoms with Crippen molar-refractivity contribution in [1.82, 2.24) is 10.6 Å². The lowest BCUT2D eigenvalue weighted by Crippen LogP contribution is -2.34. The predicted molar refractivity (Wildman–Crippen MR) is 50.5 cm³/mol. The van der Waals surface area contributed by atoms with Crippen LogP contribution in [0.25, 0.3) is 0 Å². The normalized spacial score (nSPS) is 21.8. The lowest BCUT2D eigenvalue weighted by molar-refractivity contribution is -0.124. The van der Waals surface area contributed by atoms with Crippen molar-refractivity contribution in [1.29, 1.82) is 0 Å². The molecule has 13 heavy (non-hydrogen) atoms. The molecule has 0 radical (unpaired) electrons. The molecule has 76 valence electrons. The molecular weight excluding hydrogens is 168 g/mol. The Morgan fingerprint density at radius 3 is 3.15 bits per heavy atom. The van der Waals surface area contributed by atoms with Crippen LogP contribution in [0, 0.1) is 5.92 Å². The highest BCUT2D eigenvalue weighted by Gasteiger charge is 2.21. The maximum absolute atomic E-state index is 11.4. The van der Waals surface area contributed by atoms with Gasteiger partial charge in [0.2, 0.25) is 5.91 Å². The van der Waals surface area contributed by atoms with Crippen LogP contribution in [0.4, 0.5) is 0 Å². The number of hydrogen-bond donors (Lipinski definition) is 2. The summed E-state index contributed by atoms with van der Waals surface area (Å²) in [7, 11) is 0. The Labute approximate surface area is 79.0 Å². The summed E-state index contributed by atoms with van der Waals surface area (Å²) in [6, 6.07) is 0. The van der Waals surface area contributed by atoms with E-state index in [-0.39, 0.29) is 11.8 Å². The van der Waals surface area contributed by atoms with Gasteiger partial charge in [-0.2, -0.15) is 0 Å². The molecule has 0 aromatic heterocycles. The molecule has 1 atom stereocenters. The molecule has 1 saturated heterocycles. The first-order valence-corrected chi connectivity index (χ1v) is 4.90. The molecule has 0 spiro atoms. The van der Waals surface area contributed by atoms with Crippen molar-refractivity contribution >= 4 is 5.91 Å². The molecule has 0 aromatic carbocycles. The second-order valence-electron chi connectivity index (χ2n) is 3.18. The maximum atomic E-state index is 11.4. The molecule has 1 amide bonds. The van der Waals surface area contributed by atoms with Gasteiger partial charge in [0.15, 0.2) is 0 Å². The Kier molecular flexibility index (Phi) is 4.78. The lowest BCUT2D eigenvalue weighted by Gasteiger charge is -2.09. The third-order valence-corrected chi connectivity index (χ3v) is 2.18. The zero-order valence-electron chi connectivity index (χ0n) is 8.14. The minimum Gasteiger partial charge on any atom is -0.380 e. The van der Waals surface area contributed by atoms with E-state index < -0.39 is 0 Å². The molecule has 2 N–H and O–H groups in total. The highest BCUT2D eigenvalue weighted by atomic mass is 16.5. The Morgan fingerprint density at radius 2 is 2.54 bits per heavy atom. The summed E-state index contributed by atoms with van der Waals surface area (Å²) in [5.41, 5.74) is 0. The van der Waals surface area contributed by atoms with Crippen LogP contribution in [0.1, 0.15) is 13.3 Å². The SMILES string of the molecule is CCOCCNC(=O)C1CCNC1. The van der Waals surface area contributed by atoms with E-state index in [1.165, 1.54) is 0 Å². The van der Waals surface area contributed by atoms with Gasteiger partial charge in [-0.3, -0.25) is 4.79 Å². The number of nitrogens with one attached hydrogen (secondary N) is 2. The van der Waals surface area contributed by atoms with Crippen LogP contribution in [0.5, 0.6) is 0 Å². The molecule has 4 heteroatoms. The van der Waals surface area contributed by atoms with Gasteiger partial charge in [0.05, 0.1) is 12.5 Å². The van der Waals surface area contributed by atoms with Gasteiger partial charge in [-0.15, -0.1) is 0 Å². The average Bonchev–Trinajstić information content (AvgIpc) is 2.65. The summed E-state index contributed by atoms with van der Waals surface area (Å²) in [5.74, 6) is 0.325. The van der Waals surface area contributed by atoms with E-state index in [9.17, 15) is 4.79 Å². The smallest absolute Gasteiger partial charge is 0.224 e. The third kappa shape index (κ3) is 3.74. The second-order valence-corrected chi connectivity index (χ2v) is 3.18. The number of carbonyl (C=O) groups excluding carboxylic acids is 1. The summed E-state index contributed by atoms with van der Waals surface area (Å²) in [6.07, 6.45) is 0.959. The van der Waals surface area contributed by atoms with Crippen LogP contribution in [0.15, 0.2) is 0 Å². The van der Waals surface area contributed by atoms with Gasteiger partial charge in [-0.25, -0.2) is 0 Å². The highest BCUT2D eigenvalue weighted by Crippen LogP contribution is 2.06. The highest BCUT2D eigenvalue weighted by molar-refractivity contribution is 5.79. The molecule has 0 aromatic rings. The van der Waals surface area contributed by atoms with E-state index in [1.54, 1.807) is 0 Å². The van der Waals surface area contributed by atoms with Crippen molar-refractivity contribution < 1.29 is 9.53 Å². The van der Waals surface area contributed by atoms with Crippen LogP contribution < -0.4 is 10.6 Å². The van der Waals surface area contributed by atoms with Crippen molar-refractivity contribution in [3.8, 4) is 0 Å². The van der Waals surface area contributed by atoms with E-state index in [2.05, 4.69) is 10.6 Å². The summed E-state index contributed by atoms with van der Waals surface area (Å²) < 4.78 is 5.12. The number of amides is 1. The minimum atomic E-state index is 0.157. The summed E-state index contributed by atoms with van der Waals surface area (Å²) in [6.45, 7) is 5.68. The molecule has 0 saturated carbocycles. The third-order valence-electron chi connectivity index (χ3n) is 2.18. The molecule has 0 aliphatic carbocycles. The molecule has 1 unspecified atom stereocenters. The van der Waals surface area contributed by atoms with Gasteiger partial charge in [0.25, 0.3) is 0 Å². The van der Waals surface area contributed by atoms with Gasteiger partial charge in [-0.05, 0) is 19.9 Å². The molecule has 1 heterocycles. The van der Waals surface area contributed by atoms with Crippen LogP contribution >= 0.6 is 0 Å². The van der Waals surface area contributed by atoms with E-state index in [0.29, 0.717) is 19.8 Å². The Bertz CT molecular complexity index is 156. The molecule has 1 rings (SSSR count). The van der Waals surface area contributed by atoms with E-state index in [0.717, 1.165) is 19.5 Å². The van der Waals surface area contributed by atoms with Gasteiger partial charge in [-0.1, -0.05) is 0 Å². The molecule has 1 fully saturated rings. The molecule has 0 bridgehead atoms. The number of ether oxygens (including phenoxy) is 1. The fraction of sp³-hybridized carbons (Fsp3) is 0.889. The zero-order valence-corrected chi connectivity index (χ0v) is 8.14. The van der Waals surface area contributed by atoms with Crippen molar-refractivity contribution in [2.24, 2.45) is 5.92 Å². The number of rotatable bonds is 5. The van der Waals surface area contributed by atoms with Crippen LogP contribution in [-0.4, -0.2) is 38.8 Å². The fourth-order valence-corrected chi connectivity index (χ4v) is 1.41. The monoisotopic (exact) mass is 186 g/mol. The van der Waals surface area contributed by atoms with E-state index in [4.69, 9.17) is 4.74 Å². The first kappa shape index (κ1) is 10.5. The second kappa shape index (κ2) is 5.94. The van der Waals surface area contributed by atoms with Gasteiger partial charge in [0.1, 0.15) is 0 Å². The van der Waals surface area contributed by atoms with Gasteiger partial charge >= 0.3 is 0 Å². The van der Waals surface area contributed by atoms with Crippen molar-refractivity contribution in [2.45, 2.75) is 13.3 Å². The Morgan fingerprint density at radius 1 is 1.69 bits per heavy atom. The molecular formula is C9H18N2O2. The van der Waals surface area contributed by atoms with Crippen LogP contribution in [0.2, 0.25) is 0 Å². The average molecular weight is 186 g/mol. The summed E-state index contributed by atoms with van der Waals surface area (Å²) in [4.78, 5) is 11.4. The maximum Gasteiger partial charge on any atom is 0.224 e. The quantitative estimate of drug-likeness (QED) is 0.582. The molecule has 1 aliphatic rings. The lowest BCUT2D eigenvalue weighted by atomic mass is 10.1.